The first-order valence-electron chi connectivity index (χ1n) is 11.4. The summed E-state index contributed by atoms with van der Waals surface area (Å²) in [6, 6.07) is 6.58. The molecule has 2 aromatic rings. The first kappa shape index (κ1) is 28.1. The molecule has 0 atom stereocenters. The summed E-state index contributed by atoms with van der Waals surface area (Å²) in [7, 11) is 0. The van der Waals surface area contributed by atoms with Crippen LogP contribution in [0.4, 0.5) is 0 Å². The molecule has 0 saturated carbocycles. The minimum atomic E-state index is 1.10. The fourth-order valence-electron chi connectivity index (χ4n) is 3.49. The van der Waals surface area contributed by atoms with E-state index in [1.54, 1.807) is 0 Å². The van der Waals surface area contributed by atoms with Gasteiger partial charge in [0.1, 0.15) is 0 Å². The monoisotopic (exact) mass is 410 g/mol. The number of hydrogen-bond acceptors (Lipinski definition) is 2. The number of allylic oxidation sites excluding steroid dienone is 2. The zero-order chi connectivity index (χ0) is 23.3. The van der Waals surface area contributed by atoms with Crippen molar-refractivity contribution in [1.82, 2.24) is 10.3 Å². The second kappa shape index (κ2) is 15.0. The van der Waals surface area contributed by atoms with Gasteiger partial charge in [-0.25, -0.2) is 0 Å². The van der Waals surface area contributed by atoms with Crippen molar-refractivity contribution in [2.45, 2.75) is 89.0 Å². The molecule has 0 aliphatic heterocycles. The molecule has 1 aromatic carbocycles. The standard InChI is InChI=1S/C12H17N.C10H14.C6H15N/c1-6-8(2)12-9(3)7-10(4)13-11(12)5;1-7-5-8(2)10(4)9(3)6-7;1-3-5-7-6-4-2/h6-7H,1-5H3;5-6H,1-4H3;7H,3-6H2,1-2H3/b8-6-;;. The Morgan fingerprint density at radius 3 is 1.73 bits per heavy atom. The van der Waals surface area contributed by atoms with E-state index in [0.29, 0.717) is 0 Å². The van der Waals surface area contributed by atoms with Crippen LogP contribution in [0.5, 0.6) is 0 Å². The number of benzene rings is 1. The second-order valence-corrected chi connectivity index (χ2v) is 8.29. The van der Waals surface area contributed by atoms with Crippen molar-refractivity contribution < 1.29 is 0 Å². The Morgan fingerprint density at radius 2 is 1.33 bits per heavy atom. The zero-order valence-electron chi connectivity index (χ0n) is 21.6. The van der Waals surface area contributed by atoms with Crippen LogP contribution in [0.1, 0.15) is 85.3 Å². The van der Waals surface area contributed by atoms with Crippen LogP contribution in [-0.4, -0.2) is 18.1 Å². The van der Waals surface area contributed by atoms with Crippen LogP contribution in [0.2, 0.25) is 0 Å². The largest absolute Gasteiger partial charge is 0.317 e. The Bertz CT molecular complexity index is 750. The van der Waals surface area contributed by atoms with Crippen molar-refractivity contribution in [3.63, 3.8) is 0 Å². The fourth-order valence-corrected chi connectivity index (χ4v) is 3.49. The molecule has 1 heterocycles. The molecule has 0 radical (unpaired) electrons. The van der Waals surface area contributed by atoms with Crippen molar-refractivity contribution in [2.24, 2.45) is 0 Å². The molecule has 0 unspecified atom stereocenters. The Hall–Kier alpha value is -1.93. The van der Waals surface area contributed by atoms with Gasteiger partial charge in [-0.3, -0.25) is 4.98 Å². The summed E-state index contributed by atoms with van der Waals surface area (Å²) >= 11 is 0. The highest BCUT2D eigenvalue weighted by atomic mass is 14.8. The van der Waals surface area contributed by atoms with E-state index in [-0.39, 0.29) is 0 Å². The molecule has 1 N–H and O–H groups in total. The zero-order valence-corrected chi connectivity index (χ0v) is 21.6. The average molecular weight is 411 g/mol. The molecule has 0 amide bonds. The Balaban J connectivity index is 0.000000442. The number of nitrogens with zero attached hydrogens (tertiary/aromatic N) is 1. The van der Waals surface area contributed by atoms with Gasteiger partial charge in [0.05, 0.1) is 0 Å². The van der Waals surface area contributed by atoms with Crippen LogP contribution in [0.15, 0.2) is 24.3 Å². The van der Waals surface area contributed by atoms with E-state index in [1.165, 1.54) is 64.9 Å². The number of rotatable bonds is 5. The Kier molecular flexibility index (Phi) is 14.0. The molecule has 0 aliphatic carbocycles. The lowest BCUT2D eigenvalue weighted by molar-refractivity contribution is 0.662. The van der Waals surface area contributed by atoms with E-state index in [2.05, 4.69) is 104 Å². The van der Waals surface area contributed by atoms with Crippen LogP contribution < -0.4 is 5.32 Å². The lowest BCUT2D eigenvalue weighted by Crippen LogP contribution is -2.14. The molecule has 2 nitrogen and oxygen atoms in total. The first-order chi connectivity index (χ1) is 14.1. The van der Waals surface area contributed by atoms with Crippen molar-refractivity contribution in [2.75, 3.05) is 13.1 Å². The molecule has 1 aromatic heterocycles. The smallest absolute Gasteiger partial charge is 0.0453 e. The average Bonchev–Trinajstić information content (AvgIpc) is 2.66. The Morgan fingerprint density at radius 1 is 0.833 bits per heavy atom. The summed E-state index contributed by atoms with van der Waals surface area (Å²) in [6.45, 7) is 25.8. The lowest BCUT2D eigenvalue weighted by atomic mass is 10.00. The van der Waals surface area contributed by atoms with Gasteiger partial charge in [0, 0.05) is 17.0 Å². The van der Waals surface area contributed by atoms with Crippen LogP contribution in [-0.2, 0) is 0 Å². The number of nitrogens with one attached hydrogen (secondary N) is 1. The number of aryl methyl sites for hydroxylation is 6. The van der Waals surface area contributed by atoms with Gasteiger partial charge in [-0.1, -0.05) is 37.6 Å². The summed E-state index contributed by atoms with van der Waals surface area (Å²) in [5, 5.41) is 3.28. The van der Waals surface area contributed by atoms with Crippen LogP contribution >= 0.6 is 0 Å². The third-order valence-corrected chi connectivity index (χ3v) is 5.28. The number of pyridine rings is 1. The molecule has 0 aliphatic rings. The predicted molar refractivity (Wildman–Crippen MR) is 137 cm³/mol. The van der Waals surface area contributed by atoms with E-state index in [4.69, 9.17) is 0 Å². The van der Waals surface area contributed by atoms with Crippen LogP contribution in [0.3, 0.4) is 0 Å². The highest BCUT2D eigenvalue weighted by Gasteiger charge is 2.05. The van der Waals surface area contributed by atoms with E-state index in [0.717, 1.165) is 11.4 Å². The summed E-state index contributed by atoms with van der Waals surface area (Å²) in [5.74, 6) is 0. The van der Waals surface area contributed by atoms with Gasteiger partial charge >= 0.3 is 0 Å². The highest BCUT2D eigenvalue weighted by molar-refractivity contribution is 5.67. The van der Waals surface area contributed by atoms with E-state index in [1.807, 2.05) is 6.92 Å². The quantitative estimate of drug-likeness (QED) is 0.510. The van der Waals surface area contributed by atoms with Gasteiger partial charge in [-0.15, -0.1) is 0 Å². The van der Waals surface area contributed by atoms with Crippen LogP contribution in [0, 0.1) is 48.5 Å². The summed E-state index contributed by atoms with van der Waals surface area (Å²) in [6.07, 6.45) is 4.63. The molecule has 30 heavy (non-hydrogen) atoms. The number of aromatic nitrogens is 1. The molecule has 168 valence electrons. The maximum atomic E-state index is 4.46. The minimum Gasteiger partial charge on any atom is -0.317 e. The SMILES string of the molecule is C/C=C(/C)c1c(C)cc(C)nc1C.CCCNCCC.Cc1cc(C)c(C)c(C)c1. The van der Waals surface area contributed by atoms with E-state index in [9.17, 15) is 0 Å². The molecule has 0 bridgehead atoms. The van der Waals surface area contributed by atoms with Gasteiger partial charge in [0.25, 0.3) is 0 Å². The topological polar surface area (TPSA) is 24.9 Å². The normalized spacial score (nSPS) is 10.7. The molecule has 0 saturated heterocycles. The van der Waals surface area contributed by atoms with Gasteiger partial charge in [-0.05, 0) is 122 Å². The van der Waals surface area contributed by atoms with Crippen LogP contribution in [0.25, 0.3) is 5.57 Å². The lowest BCUT2D eigenvalue weighted by Gasteiger charge is -2.10. The van der Waals surface area contributed by atoms with Crippen molar-refractivity contribution >= 4 is 5.57 Å². The van der Waals surface area contributed by atoms with Crippen molar-refractivity contribution in [3.05, 3.63) is 69.0 Å². The second-order valence-electron chi connectivity index (χ2n) is 8.29. The van der Waals surface area contributed by atoms with Gasteiger partial charge in [0.2, 0.25) is 0 Å². The van der Waals surface area contributed by atoms with Gasteiger partial charge in [0.15, 0.2) is 0 Å². The molecule has 2 rings (SSSR count). The minimum absolute atomic E-state index is 1.10. The molecular weight excluding hydrogens is 364 g/mol. The van der Waals surface area contributed by atoms with Crippen molar-refractivity contribution in [1.29, 1.82) is 0 Å². The molecule has 2 heteroatoms. The maximum absolute atomic E-state index is 4.46. The van der Waals surface area contributed by atoms with Crippen molar-refractivity contribution in [3.8, 4) is 0 Å². The molecular formula is C28H46N2. The van der Waals surface area contributed by atoms with E-state index >= 15 is 0 Å². The maximum Gasteiger partial charge on any atom is 0.0453 e. The van der Waals surface area contributed by atoms with E-state index < -0.39 is 0 Å². The Labute approximate surface area is 187 Å². The summed E-state index contributed by atoms with van der Waals surface area (Å²) in [5.41, 5.74) is 11.7. The van der Waals surface area contributed by atoms with Gasteiger partial charge in [-0.2, -0.15) is 0 Å². The molecule has 0 spiro atoms. The first-order valence-corrected chi connectivity index (χ1v) is 11.4. The number of hydrogen-bond donors (Lipinski definition) is 1. The molecule has 0 fully saturated rings. The summed E-state index contributed by atoms with van der Waals surface area (Å²) in [4.78, 5) is 4.46. The van der Waals surface area contributed by atoms with Gasteiger partial charge < -0.3 is 5.32 Å². The highest BCUT2D eigenvalue weighted by Crippen LogP contribution is 2.21. The third kappa shape index (κ3) is 10.2. The summed E-state index contributed by atoms with van der Waals surface area (Å²) < 4.78 is 0. The fraction of sp³-hybridized carbons (Fsp3) is 0.536. The third-order valence-electron chi connectivity index (χ3n) is 5.28. The predicted octanol–water partition coefficient (Wildman–Crippen LogP) is 7.75.